The summed E-state index contributed by atoms with van der Waals surface area (Å²) >= 11 is 2.12. The van der Waals surface area contributed by atoms with Gasteiger partial charge in [-0.2, -0.15) is 0 Å². The Balaban J connectivity index is 2.90. The summed E-state index contributed by atoms with van der Waals surface area (Å²) in [5.41, 5.74) is 0.341. The van der Waals surface area contributed by atoms with Crippen LogP contribution in [0.1, 0.15) is 10.5 Å². The molecular formula is C7H6INO2. The van der Waals surface area contributed by atoms with Crippen molar-refractivity contribution in [3.8, 4) is 0 Å². The normalized spacial score (nSPS) is 9.27. The Morgan fingerprint density at radius 2 is 2.36 bits per heavy atom. The Hall–Kier alpha value is -0.650. The van der Waals surface area contributed by atoms with Gasteiger partial charge in [-0.3, -0.25) is 0 Å². The monoisotopic (exact) mass is 263 g/mol. The molecule has 1 heterocycles. The minimum Gasteiger partial charge on any atom is -0.464 e. The van der Waals surface area contributed by atoms with Crippen LogP contribution in [0.25, 0.3) is 0 Å². The summed E-state index contributed by atoms with van der Waals surface area (Å²) in [5.74, 6) is -0.401. The van der Waals surface area contributed by atoms with E-state index in [9.17, 15) is 4.79 Å². The van der Waals surface area contributed by atoms with Crippen molar-refractivity contribution in [3.63, 3.8) is 0 Å². The number of rotatable bonds is 1. The summed E-state index contributed by atoms with van der Waals surface area (Å²) in [4.78, 5) is 14.7. The van der Waals surface area contributed by atoms with E-state index in [1.54, 1.807) is 18.3 Å². The molecule has 1 aromatic rings. The molecule has 0 saturated carbocycles. The highest BCUT2D eigenvalue weighted by Gasteiger charge is 2.04. The van der Waals surface area contributed by atoms with Crippen molar-refractivity contribution in [2.75, 3.05) is 7.11 Å². The second-order valence-corrected chi connectivity index (χ2v) is 3.10. The minimum absolute atomic E-state index is 0.341. The minimum atomic E-state index is -0.401. The van der Waals surface area contributed by atoms with Gasteiger partial charge in [-0.25, -0.2) is 9.78 Å². The summed E-state index contributed by atoms with van der Waals surface area (Å²) in [6, 6.07) is 3.44. The van der Waals surface area contributed by atoms with Gasteiger partial charge < -0.3 is 4.74 Å². The first-order chi connectivity index (χ1) is 5.24. The molecule has 58 valence electrons. The number of ether oxygens (including phenoxy) is 1. The van der Waals surface area contributed by atoms with Crippen molar-refractivity contribution in [2.24, 2.45) is 0 Å². The fourth-order valence-electron chi connectivity index (χ4n) is 0.601. The Morgan fingerprint density at radius 1 is 1.64 bits per heavy atom. The second kappa shape index (κ2) is 3.66. The van der Waals surface area contributed by atoms with Crippen LogP contribution in [0, 0.1) is 3.57 Å². The molecule has 0 radical (unpaired) electrons. The lowest BCUT2D eigenvalue weighted by Crippen LogP contribution is -2.03. The number of halogens is 1. The summed E-state index contributed by atoms with van der Waals surface area (Å²) in [5, 5.41) is 0. The van der Waals surface area contributed by atoms with Crippen molar-refractivity contribution in [2.45, 2.75) is 0 Å². The van der Waals surface area contributed by atoms with Crippen molar-refractivity contribution >= 4 is 28.6 Å². The van der Waals surface area contributed by atoms with Crippen LogP contribution in [-0.2, 0) is 4.74 Å². The number of pyridine rings is 1. The van der Waals surface area contributed by atoms with E-state index >= 15 is 0 Å². The molecule has 0 amide bonds. The molecule has 0 aliphatic carbocycles. The topological polar surface area (TPSA) is 39.2 Å². The summed E-state index contributed by atoms with van der Waals surface area (Å²) < 4.78 is 5.47. The molecule has 0 unspecified atom stereocenters. The summed E-state index contributed by atoms with van der Waals surface area (Å²) in [6.07, 6.45) is 1.62. The Labute approximate surface area is 77.9 Å². The molecule has 0 spiro atoms. The zero-order valence-electron chi connectivity index (χ0n) is 5.87. The van der Waals surface area contributed by atoms with E-state index in [-0.39, 0.29) is 0 Å². The van der Waals surface area contributed by atoms with E-state index in [0.717, 1.165) is 3.57 Å². The van der Waals surface area contributed by atoms with E-state index in [1.165, 1.54) is 7.11 Å². The number of methoxy groups -OCH3 is 1. The quantitative estimate of drug-likeness (QED) is 0.569. The van der Waals surface area contributed by atoms with Crippen LogP contribution in [-0.4, -0.2) is 18.1 Å². The smallest absolute Gasteiger partial charge is 0.356 e. The first kappa shape index (κ1) is 8.45. The lowest BCUT2D eigenvalue weighted by molar-refractivity contribution is 0.0594. The van der Waals surface area contributed by atoms with E-state index in [2.05, 4.69) is 32.3 Å². The van der Waals surface area contributed by atoms with Gasteiger partial charge in [0.2, 0.25) is 0 Å². The zero-order valence-corrected chi connectivity index (χ0v) is 8.03. The molecule has 0 bridgehead atoms. The summed E-state index contributed by atoms with van der Waals surface area (Å²) in [7, 11) is 1.34. The van der Waals surface area contributed by atoms with Crippen molar-refractivity contribution in [1.82, 2.24) is 4.98 Å². The molecule has 1 aromatic heterocycles. The first-order valence-electron chi connectivity index (χ1n) is 2.94. The third kappa shape index (κ3) is 2.14. The highest BCUT2D eigenvalue weighted by atomic mass is 127. The van der Waals surface area contributed by atoms with Gasteiger partial charge in [0.05, 0.1) is 7.11 Å². The largest absolute Gasteiger partial charge is 0.464 e. The average Bonchev–Trinajstić information content (AvgIpc) is 2.05. The maximum absolute atomic E-state index is 10.8. The van der Waals surface area contributed by atoms with Crippen LogP contribution >= 0.6 is 22.6 Å². The fourth-order valence-corrected chi connectivity index (χ4v) is 0.920. The summed E-state index contributed by atoms with van der Waals surface area (Å²) in [6.45, 7) is 0. The second-order valence-electron chi connectivity index (χ2n) is 1.85. The van der Waals surface area contributed by atoms with Gasteiger partial charge in [-0.1, -0.05) is 0 Å². The van der Waals surface area contributed by atoms with Crippen molar-refractivity contribution < 1.29 is 9.53 Å². The predicted octanol–water partition coefficient (Wildman–Crippen LogP) is 1.47. The molecule has 1 rings (SSSR count). The Bertz CT molecular complexity index is 258. The molecule has 4 heteroatoms. The molecule has 0 saturated heterocycles. The number of aromatic nitrogens is 1. The maximum Gasteiger partial charge on any atom is 0.356 e. The number of carbonyl (C=O) groups excluding carboxylic acids is 1. The van der Waals surface area contributed by atoms with Gasteiger partial charge >= 0.3 is 5.97 Å². The standard InChI is InChI=1S/C7H6INO2/c1-11-7(10)6-3-2-5(8)4-9-6/h2-4H,1H3. The van der Waals surface area contributed by atoms with Crippen LogP contribution in [0.2, 0.25) is 0 Å². The molecule has 0 aliphatic rings. The van der Waals surface area contributed by atoms with E-state index in [0.29, 0.717) is 5.69 Å². The lowest BCUT2D eigenvalue weighted by atomic mass is 10.4. The number of hydrogen-bond donors (Lipinski definition) is 0. The maximum atomic E-state index is 10.8. The number of hydrogen-bond acceptors (Lipinski definition) is 3. The number of esters is 1. The Kier molecular flexibility index (Phi) is 2.81. The van der Waals surface area contributed by atoms with Gasteiger partial charge in [-0.05, 0) is 34.7 Å². The van der Waals surface area contributed by atoms with Gasteiger partial charge in [-0.15, -0.1) is 0 Å². The van der Waals surface area contributed by atoms with Gasteiger partial charge in [0.1, 0.15) is 5.69 Å². The number of nitrogens with zero attached hydrogens (tertiary/aromatic N) is 1. The average molecular weight is 263 g/mol. The highest BCUT2D eigenvalue weighted by Crippen LogP contribution is 2.03. The Morgan fingerprint density at radius 3 is 2.82 bits per heavy atom. The van der Waals surface area contributed by atoms with E-state index in [1.807, 2.05) is 0 Å². The van der Waals surface area contributed by atoms with Crippen LogP contribution in [0.5, 0.6) is 0 Å². The zero-order chi connectivity index (χ0) is 8.27. The predicted molar refractivity (Wildman–Crippen MR) is 48.3 cm³/mol. The van der Waals surface area contributed by atoms with E-state index in [4.69, 9.17) is 0 Å². The first-order valence-corrected chi connectivity index (χ1v) is 4.02. The molecule has 0 N–H and O–H groups in total. The van der Waals surface area contributed by atoms with Gasteiger partial charge in [0, 0.05) is 9.77 Å². The van der Waals surface area contributed by atoms with Crippen LogP contribution in [0.4, 0.5) is 0 Å². The molecule has 0 atom stereocenters. The van der Waals surface area contributed by atoms with E-state index < -0.39 is 5.97 Å². The van der Waals surface area contributed by atoms with Crippen LogP contribution < -0.4 is 0 Å². The third-order valence-corrected chi connectivity index (χ3v) is 1.76. The third-order valence-electron chi connectivity index (χ3n) is 1.12. The molecule has 11 heavy (non-hydrogen) atoms. The van der Waals surface area contributed by atoms with Gasteiger partial charge in [0.15, 0.2) is 0 Å². The molecule has 0 aliphatic heterocycles. The molecule has 3 nitrogen and oxygen atoms in total. The van der Waals surface area contributed by atoms with Crippen molar-refractivity contribution in [1.29, 1.82) is 0 Å². The molecule has 0 fully saturated rings. The van der Waals surface area contributed by atoms with Crippen molar-refractivity contribution in [3.05, 3.63) is 27.6 Å². The molecule has 0 aromatic carbocycles. The fraction of sp³-hybridized carbons (Fsp3) is 0.143. The number of carbonyl (C=O) groups is 1. The van der Waals surface area contributed by atoms with Gasteiger partial charge in [0.25, 0.3) is 0 Å². The molecular weight excluding hydrogens is 257 g/mol. The SMILES string of the molecule is COC(=O)c1ccc(I)cn1. The van der Waals surface area contributed by atoms with Crippen LogP contribution in [0.15, 0.2) is 18.3 Å². The van der Waals surface area contributed by atoms with Crippen LogP contribution in [0.3, 0.4) is 0 Å². The lowest BCUT2D eigenvalue weighted by Gasteiger charge is -1.96. The highest BCUT2D eigenvalue weighted by molar-refractivity contribution is 14.1.